The highest BCUT2D eigenvalue weighted by Crippen LogP contribution is 2.26. The maximum Gasteiger partial charge on any atom is 0.00163 e. The van der Waals surface area contributed by atoms with Crippen LogP contribution in [0, 0.1) is 5.41 Å². The van der Waals surface area contributed by atoms with Crippen molar-refractivity contribution in [3.63, 3.8) is 0 Å². The van der Waals surface area contributed by atoms with Gasteiger partial charge in [-0.2, -0.15) is 24.4 Å². The minimum absolute atomic E-state index is 0.400. The predicted octanol–water partition coefficient (Wildman–Crippen LogP) is 3.47. The van der Waals surface area contributed by atoms with Crippen molar-refractivity contribution < 1.29 is 0 Å². The molecule has 0 aromatic rings. The van der Waals surface area contributed by atoms with E-state index in [-0.39, 0.29) is 0 Å². The first-order valence-electron chi connectivity index (χ1n) is 4.24. The van der Waals surface area contributed by atoms with Gasteiger partial charge in [-0.1, -0.05) is 27.7 Å². The van der Waals surface area contributed by atoms with Gasteiger partial charge in [0, 0.05) is 5.25 Å². The van der Waals surface area contributed by atoms with Crippen LogP contribution in [0.15, 0.2) is 0 Å². The maximum absolute atomic E-state index is 4.32. The molecule has 1 unspecified atom stereocenters. The molecule has 0 heterocycles. The summed E-state index contributed by atoms with van der Waals surface area (Å²) < 4.78 is 0. The number of hydrogen-bond acceptors (Lipinski definition) is 2. The van der Waals surface area contributed by atoms with Crippen molar-refractivity contribution in [2.75, 3.05) is 11.5 Å². The van der Waals surface area contributed by atoms with Gasteiger partial charge in [0.25, 0.3) is 0 Å². The summed E-state index contributed by atoms with van der Waals surface area (Å²) in [7, 11) is 0. The van der Waals surface area contributed by atoms with Crippen LogP contribution < -0.4 is 0 Å². The van der Waals surface area contributed by atoms with Crippen LogP contribution in [0.25, 0.3) is 0 Å². The van der Waals surface area contributed by atoms with E-state index in [0.717, 1.165) is 11.0 Å². The highest BCUT2D eigenvalue weighted by molar-refractivity contribution is 7.99. The van der Waals surface area contributed by atoms with Crippen LogP contribution >= 0.6 is 24.4 Å². The van der Waals surface area contributed by atoms with Gasteiger partial charge in [-0.3, -0.25) is 0 Å². The molecule has 0 nitrogen and oxygen atoms in total. The molecular weight excluding hydrogens is 172 g/mol. The summed E-state index contributed by atoms with van der Waals surface area (Å²) in [6.45, 7) is 9.08. The van der Waals surface area contributed by atoms with Gasteiger partial charge in [0.15, 0.2) is 0 Å². The van der Waals surface area contributed by atoms with Crippen LogP contribution in [0.1, 0.15) is 34.1 Å². The lowest BCUT2D eigenvalue weighted by molar-refractivity contribution is 0.493. The fourth-order valence-corrected chi connectivity index (χ4v) is 1.87. The monoisotopic (exact) mass is 192 g/mol. The topological polar surface area (TPSA) is 0 Å². The van der Waals surface area contributed by atoms with Gasteiger partial charge in [0.05, 0.1) is 0 Å². The Kier molecular flexibility index (Phi) is 5.71. The molecule has 0 aliphatic heterocycles. The third-order valence-corrected chi connectivity index (χ3v) is 4.47. The van der Waals surface area contributed by atoms with Crippen LogP contribution in [0.3, 0.4) is 0 Å². The molecule has 11 heavy (non-hydrogen) atoms. The third-order valence-electron chi connectivity index (χ3n) is 1.76. The Balaban J connectivity index is 3.52. The lowest BCUT2D eigenvalue weighted by atomic mass is 10.0. The fourth-order valence-electron chi connectivity index (χ4n) is 0.531. The van der Waals surface area contributed by atoms with E-state index in [1.807, 2.05) is 0 Å². The highest BCUT2D eigenvalue weighted by atomic mass is 32.2. The molecule has 0 bridgehead atoms. The van der Waals surface area contributed by atoms with E-state index in [0.29, 0.717) is 5.41 Å². The van der Waals surface area contributed by atoms with E-state index in [1.165, 1.54) is 12.2 Å². The normalized spacial score (nSPS) is 15.0. The van der Waals surface area contributed by atoms with Crippen molar-refractivity contribution in [3.05, 3.63) is 0 Å². The van der Waals surface area contributed by atoms with E-state index >= 15 is 0 Å². The highest BCUT2D eigenvalue weighted by Gasteiger charge is 2.16. The first kappa shape index (κ1) is 11.7. The Hall–Kier alpha value is 0.700. The summed E-state index contributed by atoms with van der Waals surface area (Å²) >= 11 is 6.38. The maximum atomic E-state index is 4.32. The smallest absolute Gasteiger partial charge is 0.00163 e. The molecule has 0 N–H and O–H groups in total. The Labute approximate surface area is 80.9 Å². The number of rotatable bonds is 5. The average Bonchev–Trinajstić information content (AvgIpc) is 2.00. The molecule has 68 valence electrons. The van der Waals surface area contributed by atoms with E-state index in [1.54, 1.807) is 0 Å². The number of thiol groups is 1. The minimum atomic E-state index is 0.400. The summed E-state index contributed by atoms with van der Waals surface area (Å²) in [4.78, 5) is 0. The Morgan fingerprint density at radius 2 is 2.00 bits per heavy atom. The zero-order chi connectivity index (χ0) is 8.91. The van der Waals surface area contributed by atoms with E-state index in [4.69, 9.17) is 0 Å². The van der Waals surface area contributed by atoms with Gasteiger partial charge in [0.2, 0.25) is 0 Å². The number of hydrogen-bond donors (Lipinski definition) is 1. The molecule has 0 aliphatic rings. The zero-order valence-electron chi connectivity index (χ0n) is 8.05. The first-order valence-corrected chi connectivity index (χ1v) is 5.92. The summed E-state index contributed by atoms with van der Waals surface area (Å²) in [5.74, 6) is 2.21. The average molecular weight is 192 g/mol. The SMILES string of the molecule is CCC(C)SCC(C)(C)CS. The third kappa shape index (κ3) is 5.92. The molecule has 0 saturated carbocycles. The fraction of sp³-hybridized carbons (Fsp3) is 1.00. The quantitative estimate of drug-likeness (QED) is 0.651. The minimum Gasteiger partial charge on any atom is -0.179 e. The van der Waals surface area contributed by atoms with Gasteiger partial charge in [-0.15, -0.1) is 0 Å². The molecule has 0 rings (SSSR count). The van der Waals surface area contributed by atoms with Crippen LogP contribution in [0.4, 0.5) is 0 Å². The van der Waals surface area contributed by atoms with Crippen molar-refractivity contribution >= 4 is 24.4 Å². The summed E-state index contributed by atoms with van der Waals surface area (Å²) in [5, 5.41) is 0.800. The van der Waals surface area contributed by atoms with Crippen molar-refractivity contribution in [2.24, 2.45) is 5.41 Å². The number of thioether (sulfide) groups is 1. The van der Waals surface area contributed by atoms with Crippen LogP contribution in [0.2, 0.25) is 0 Å². The summed E-state index contributed by atoms with van der Waals surface area (Å²) in [6.07, 6.45) is 1.27. The second-order valence-electron chi connectivity index (χ2n) is 3.85. The molecule has 0 saturated heterocycles. The second-order valence-corrected chi connectivity index (χ2v) is 5.60. The molecule has 0 radical (unpaired) electrons. The molecule has 0 spiro atoms. The van der Waals surface area contributed by atoms with Crippen molar-refractivity contribution in [1.29, 1.82) is 0 Å². The Morgan fingerprint density at radius 1 is 1.45 bits per heavy atom. The van der Waals surface area contributed by atoms with Crippen LogP contribution in [-0.2, 0) is 0 Å². The zero-order valence-corrected chi connectivity index (χ0v) is 9.77. The van der Waals surface area contributed by atoms with Gasteiger partial charge in [-0.05, 0) is 23.3 Å². The van der Waals surface area contributed by atoms with Gasteiger partial charge in [-0.25, -0.2) is 0 Å². The van der Waals surface area contributed by atoms with Gasteiger partial charge in [0.1, 0.15) is 0 Å². The van der Waals surface area contributed by atoms with Crippen LogP contribution in [-0.4, -0.2) is 16.8 Å². The van der Waals surface area contributed by atoms with Gasteiger partial charge < -0.3 is 0 Å². The van der Waals surface area contributed by atoms with Crippen molar-refractivity contribution in [2.45, 2.75) is 39.4 Å². The molecule has 2 heteroatoms. The molecular formula is C9H20S2. The second kappa shape index (κ2) is 5.36. The lowest BCUT2D eigenvalue weighted by Gasteiger charge is -2.23. The molecule has 0 aromatic carbocycles. The molecule has 0 aliphatic carbocycles. The summed E-state index contributed by atoms with van der Waals surface area (Å²) in [6, 6.07) is 0. The van der Waals surface area contributed by atoms with E-state index < -0.39 is 0 Å². The molecule has 0 fully saturated rings. The van der Waals surface area contributed by atoms with Crippen molar-refractivity contribution in [1.82, 2.24) is 0 Å². The largest absolute Gasteiger partial charge is 0.179 e. The predicted molar refractivity (Wildman–Crippen MR) is 59.8 cm³/mol. The Morgan fingerprint density at radius 3 is 2.36 bits per heavy atom. The molecule has 0 amide bonds. The standard InChI is InChI=1S/C9H20S2/c1-5-8(2)11-7-9(3,4)6-10/h8,10H,5-7H2,1-4H3. The molecule has 1 atom stereocenters. The van der Waals surface area contributed by atoms with Gasteiger partial charge >= 0.3 is 0 Å². The summed E-state index contributed by atoms with van der Waals surface area (Å²) in [5.41, 5.74) is 0.400. The molecule has 0 aromatic heterocycles. The van der Waals surface area contributed by atoms with E-state index in [9.17, 15) is 0 Å². The first-order chi connectivity index (χ1) is 5.02. The van der Waals surface area contributed by atoms with E-state index in [2.05, 4.69) is 52.1 Å². The van der Waals surface area contributed by atoms with Crippen LogP contribution in [0.5, 0.6) is 0 Å². The van der Waals surface area contributed by atoms with Crippen molar-refractivity contribution in [3.8, 4) is 0 Å². The lowest BCUT2D eigenvalue weighted by Crippen LogP contribution is -2.18. The Bertz CT molecular complexity index is 99.7.